The molecule has 1 aromatic carbocycles. The second-order valence-electron chi connectivity index (χ2n) is 3.96. The van der Waals surface area contributed by atoms with Gasteiger partial charge in [0.15, 0.2) is 0 Å². The van der Waals surface area contributed by atoms with Crippen LogP contribution in [0.4, 0.5) is 11.5 Å². The lowest BCUT2D eigenvalue weighted by Gasteiger charge is -2.08. The van der Waals surface area contributed by atoms with Gasteiger partial charge in [-0.1, -0.05) is 24.3 Å². The summed E-state index contributed by atoms with van der Waals surface area (Å²) in [6, 6.07) is 10.4. The smallest absolute Gasteiger partial charge is 0.316 e. The first-order valence-electron chi connectivity index (χ1n) is 5.83. The Bertz CT molecular complexity index is 692. The summed E-state index contributed by atoms with van der Waals surface area (Å²) in [5.41, 5.74) is 0.768. The summed E-state index contributed by atoms with van der Waals surface area (Å²) in [6.07, 6.45) is 5.10. The van der Waals surface area contributed by atoms with Crippen molar-refractivity contribution in [2.24, 2.45) is 0 Å². The Morgan fingerprint density at radius 2 is 1.79 bits per heavy atom. The van der Waals surface area contributed by atoms with E-state index in [-0.39, 0.29) is 0 Å². The second kappa shape index (κ2) is 4.89. The van der Waals surface area contributed by atoms with Crippen LogP contribution in [-0.4, -0.2) is 22.1 Å². The number of methoxy groups -OCH3 is 1. The Labute approximate surface area is 110 Å². The molecule has 0 saturated heterocycles. The van der Waals surface area contributed by atoms with Crippen molar-refractivity contribution >= 4 is 22.3 Å². The summed E-state index contributed by atoms with van der Waals surface area (Å²) in [7, 11) is 1.54. The zero-order valence-electron chi connectivity index (χ0n) is 10.4. The predicted octanol–water partition coefficient (Wildman–Crippen LogP) is 2.78. The van der Waals surface area contributed by atoms with Crippen molar-refractivity contribution in [3.8, 4) is 6.01 Å². The van der Waals surface area contributed by atoms with Crippen LogP contribution >= 0.6 is 0 Å². The number of nitrogens with zero attached hydrogens (tertiary/aromatic N) is 3. The van der Waals surface area contributed by atoms with Crippen LogP contribution in [0, 0.1) is 0 Å². The fraction of sp³-hybridized carbons (Fsp3) is 0.0714. The number of hydrogen-bond donors (Lipinski definition) is 1. The number of pyridine rings is 1. The van der Waals surface area contributed by atoms with E-state index in [1.54, 1.807) is 18.6 Å². The minimum Gasteiger partial charge on any atom is -0.467 e. The summed E-state index contributed by atoms with van der Waals surface area (Å²) in [4.78, 5) is 12.4. The largest absolute Gasteiger partial charge is 0.467 e. The number of nitrogens with one attached hydrogen (secondary N) is 1. The fourth-order valence-electron chi connectivity index (χ4n) is 1.84. The topological polar surface area (TPSA) is 59.9 Å². The Hall–Kier alpha value is -2.69. The van der Waals surface area contributed by atoms with Crippen LogP contribution in [0.3, 0.4) is 0 Å². The lowest BCUT2D eigenvalue weighted by Crippen LogP contribution is -1.97. The molecule has 0 atom stereocenters. The molecule has 94 valence electrons. The van der Waals surface area contributed by atoms with Gasteiger partial charge >= 0.3 is 6.01 Å². The average Bonchev–Trinajstić information content (AvgIpc) is 2.48. The molecule has 19 heavy (non-hydrogen) atoms. The van der Waals surface area contributed by atoms with E-state index < -0.39 is 0 Å². The van der Waals surface area contributed by atoms with Gasteiger partial charge in [-0.2, -0.15) is 0 Å². The molecule has 0 aliphatic rings. The van der Waals surface area contributed by atoms with Crippen LogP contribution in [0.5, 0.6) is 6.01 Å². The maximum atomic E-state index is 4.92. The lowest BCUT2D eigenvalue weighted by atomic mass is 10.1. The Balaban J connectivity index is 1.96. The number of aromatic nitrogens is 3. The van der Waals surface area contributed by atoms with Gasteiger partial charge in [-0.3, -0.25) is 0 Å². The maximum absolute atomic E-state index is 4.92. The van der Waals surface area contributed by atoms with Crippen molar-refractivity contribution in [2.75, 3.05) is 12.4 Å². The summed E-state index contributed by atoms with van der Waals surface area (Å²) in [5, 5.41) is 5.40. The van der Waals surface area contributed by atoms with E-state index >= 15 is 0 Å². The second-order valence-corrected chi connectivity index (χ2v) is 3.96. The van der Waals surface area contributed by atoms with Gasteiger partial charge in [0.2, 0.25) is 0 Å². The van der Waals surface area contributed by atoms with Crippen molar-refractivity contribution < 1.29 is 4.74 Å². The summed E-state index contributed by atoms with van der Waals surface area (Å²) < 4.78 is 4.92. The Morgan fingerprint density at radius 1 is 1.00 bits per heavy atom. The molecule has 0 bridgehead atoms. The highest BCUT2D eigenvalue weighted by atomic mass is 16.5. The first kappa shape index (κ1) is 11.4. The zero-order valence-corrected chi connectivity index (χ0v) is 10.4. The predicted molar refractivity (Wildman–Crippen MR) is 73.6 cm³/mol. The van der Waals surface area contributed by atoms with Gasteiger partial charge in [0.1, 0.15) is 5.82 Å². The van der Waals surface area contributed by atoms with Crippen molar-refractivity contribution in [1.29, 1.82) is 0 Å². The van der Waals surface area contributed by atoms with E-state index in [4.69, 9.17) is 4.74 Å². The summed E-state index contributed by atoms with van der Waals surface area (Å²) in [5.74, 6) is 0.784. The van der Waals surface area contributed by atoms with Crippen molar-refractivity contribution in [2.45, 2.75) is 0 Å². The van der Waals surface area contributed by atoms with Gasteiger partial charge in [-0.25, -0.2) is 15.0 Å². The van der Waals surface area contributed by atoms with E-state index in [1.165, 1.54) is 7.11 Å². The van der Waals surface area contributed by atoms with Crippen molar-refractivity contribution in [3.05, 3.63) is 48.9 Å². The highest BCUT2D eigenvalue weighted by Crippen LogP contribution is 2.23. The Morgan fingerprint density at radius 3 is 2.58 bits per heavy atom. The van der Waals surface area contributed by atoms with Gasteiger partial charge in [-0.05, 0) is 11.5 Å². The van der Waals surface area contributed by atoms with E-state index in [0.717, 1.165) is 22.3 Å². The van der Waals surface area contributed by atoms with Crippen molar-refractivity contribution in [3.63, 3.8) is 0 Å². The van der Waals surface area contributed by atoms with E-state index in [2.05, 4.69) is 20.3 Å². The fourth-order valence-corrected chi connectivity index (χ4v) is 1.84. The van der Waals surface area contributed by atoms with Crippen LogP contribution in [0.2, 0.25) is 0 Å². The summed E-state index contributed by atoms with van der Waals surface area (Å²) >= 11 is 0. The molecule has 0 radical (unpaired) electrons. The minimum atomic E-state index is 0.344. The quantitative estimate of drug-likeness (QED) is 0.776. The first-order valence-corrected chi connectivity index (χ1v) is 5.83. The number of fused-ring (bicyclic) bond motifs is 1. The maximum Gasteiger partial charge on any atom is 0.316 e. The molecule has 2 aromatic heterocycles. The van der Waals surface area contributed by atoms with Crippen LogP contribution in [0.1, 0.15) is 0 Å². The van der Waals surface area contributed by atoms with Gasteiger partial charge in [-0.15, -0.1) is 0 Å². The van der Waals surface area contributed by atoms with Crippen LogP contribution in [0.15, 0.2) is 48.9 Å². The third kappa shape index (κ3) is 2.30. The van der Waals surface area contributed by atoms with Crippen LogP contribution < -0.4 is 10.1 Å². The van der Waals surface area contributed by atoms with Crippen LogP contribution in [-0.2, 0) is 0 Å². The number of rotatable bonds is 3. The van der Waals surface area contributed by atoms with Gasteiger partial charge in [0.05, 0.1) is 25.2 Å². The standard InChI is InChI=1S/C14H12N4O/c1-19-14-16-8-11(9-17-14)18-13-12-5-3-2-4-10(12)6-7-15-13/h2-9H,1H3,(H,15,18). The van der Waals surface area contributed by atoms with E-state index in [9.17, 15) is 0 Å². The molecule has 0 unspecified atom stereocenters. The van der Waals surface area contributed by atoms with Gasteiger partial charge in [0, 0.05) is 11.6 Å². The molecule has 3 aromatic rings. The minimum absolute atomic E-state index is 0.344. The molecule has 3 rings (SSSR count). The monoisotopic (exact) mass is 252 g/mol. The third-order valence-corrected chi connectivity index (χ3v) is 2.75. The molecule has 2 heterocycles. The first-order chi connectivity index (χ1) is 9.36. The lowest BCUT2D eigenvalue weighted by molar-refractivity contribution is 0.380. The molecule has 5 nitrogen and oxygen atoms in total. The Kier molecular flexibility index (Phi) is 2.94. The molecule has 0 spiro atoms. The summed E-state index contributed by atoms with van der Waals surface area (Å²) in [6.45, 7) is 0. The highest BCUT2D eigenvalue weighted by molar-refractivity contribution is 5.92. The normalized spacial score (nSPS) is 10.4. The van der Waals surface area contributed by atoms with E-state index in [0.29, 0.717) is 6.01 Å². The molecular formula is C14H12N4O. The molecule has 0 aliphatic heterocycles. The molecule has 0 fully saturated rings. The highest BCUT2D eigenvalue weighted by Gasteiger charge is 2.03. The average molecular weight is 252 g/mol. The van der Waals surface area contributed by atoms with Gasteiger partial charge < -0.3 is 10.1 Å². The molecule has 0 amide bonds. The number of benzene rings is 1. The van der Waals surface area contributed by atoms with Crippen molar-refractivity contribution in [1.82, 2.24) is 15.0 Å². The van der Waals surface area contributed by atoms with Gasteiger partial charge in [0.25, 0.3) is 0 Å². The number of anilines is 2. The van der Waals surface area contributed by atoms with E-state index in [1.807, 2.05) is 30.3 Å². The molecule has 1 N–H and O–H groups in total. The molecule has 5 heteroatoms. The van der Waals surface area contributed by atoms with Crippen LogP contribution in [0.25, 0.3) is 10.8 Å². The SMILES string of the molecule is COc1ncc(Nc2nccc3ccccc23)cn1. The zero-order chi connectivity index (χ0) is 13.1. The molecule has 0 saturated carbocycles. The molecule has 0 aliphatic carbocycles. The number of hydrogen-bond acceptors (Lipinski definition) is 5. The molecular weight excluding hydrogens is 240 g/mol. The number of ether oxygens (including phenoxy) is 1. The third-order valence-electron chi connectivity index (χ3n) is 2.75.